The first-order valence-corrected chi connectivity index (χ1v) is 15.4. The first kappa shape index (κ1) is 27.9. The summed E-state index contributed by atoms with van der Waals surface area (Å²) in [5.74, 6) is -0.381. The molecule has 4 aromatic carbocycles. The highest BCUT2D eigenvalue weighted by Gasteiger charge is 2.19. The predicted octanol–water partition coefficient (Wildman–Crippen LogP) is 5.32. The van der Waals surface area contributed by atoms with Gasteiger partial charge in [0.15, 0.2) is 0 Å². The fourth-order valence-electron chi connectivity index (χ4n) is 3.87. The number of anilines is 3. The highest BCUT2D eigenvalue weighted by molar-refractivity contribution is 7.92. The van der Waals surface area contributed by atoms with Gasteiger partial charge in [-0.15, -0.1) is 0 Å². The van der Waals surface area contributed by atoms with Crippen LogP contribution in [-0.4, -0.2) is 29.0 Å². The molecule has 2 N–H and O–H groups in total. The number of rotatable bonds is 9. The largest absolute Gasteiger partial charge is 0.322 e. The first-order valence-electron chi connectivity index (χ1n) is 12.0. The molecule has 0 aliphatic heterocycles. The lowest BCUT2D eigenvalue weighted by atomic mass is 10.1. The van der Waals surface area contributed by atoms with Gasteiger partial charge >= 0.3 is 0 Å². The van der Waals surface area contributed by atoms with Gasteiger partial charge in [0.05, 0.1) is 23.4 Å². The molecule has 0 fully saturated rings. The molecule has 0 bridgehead atoms. The summed E-state index contributed by atoms with van der Waals surface area (Å²) in [6, 6.07) is 26.8. The van der Waals surface area contributed by atoms with Gasteiger partial charge in [0, 0.05) is 16.9 Å². The number of nitrogens with one attached hydrogen (secondary N) is 2. The van der Waals surface area contributed by atoms with Gasteiger partial charge in [0.2, 0.25) is 10.0 Å². The van der Waals surface area contributed by atoms with Crippen molar-refractivity contribution in [3.05, 3.63) is 119 Å². The van der Waals surface area contributed by atoms with E-state index in [1.54, 1.807) is 54.6 Å². The standard InChI is InChI=1S/C29H29N3O5S2/c1-21-7-13-26(14-8-21)31-39(36,37)28-17-15-25(16-18-28)30-29(33)24-11-9-23(10-12-24)20-32(38(3,34)35)27-6-4-5-22(2)19-27/h4-19,31H,20H2,1-3H3,(H,30,33). The van der Waals surface area contributed by atoms with Crippen LogP contribution in [0.5, 0.6) is 0 Å². The second-order valence-corrected chi connectivity index (χ2v) is 12.8. The van der Waals surface area contributed by atoms with E-state index in [1.165, 1.54) is 28.6 Å². The molecule has 4 rings (SSSR count). The summed E-state index contributed by atoms with van der Waals surface area (Å²) < 4.78 is 54.1. The third kappa shape index (κ3) is 7.24. The van der Waals surface area contributed by atoms with Crippen molar-refractivity contribution in [3.63, 3.8) is 0 Å². The number of hydrogen-bond donors (Lipinski definition) is 2. The average Bonchev–Trinajstić information content (AvgIpc) is 2.88. The molecule has 0 radical (unpaired) electrons. The smallest absolute Gasteiger partial charge is 0.261 e. The molecule has 0 heterocycles. The van der Waals surface area contributed by atoms with Gasteiger partial charge in [0.1, 0.15) is 0 Å². The molecule has 10 heteroatoms. The van der Waals surface area contributed by atoms with Crippen molar-refractivity contribution < 1.29 is 21.6 Å². The van der Waals surface area contributed by atoms with E-state index in [4.69, 9.17) is 0 Å². The number of carbonyl (C=O) groups is 1. The van der Waals surface area contributed by atoms with Crippen LogP contribution in [0.3, 0.4) is 0 Å². The summed E-state index contributed by atoms with van der Waals surface area (Å²) in [4.78, 5) is 12.8. The Labute approximate surface area is 229 Å². The van der Waals surface area contributed by atoms with Crippen molar-refractivity contribution in [2.45, 2.75) is 25.3 Å². The highest BCUT2D eigenvalue weighted by atomic mass is 32.2. The lowest BCUT2D eigenvalue weighted by molar-refractivity contribution is 0.102. The monoisotopic (exact) mass is 563 g/mol. The SMILES string of the molecule is Cc1ccc(NS(=O)(=O)c2ccc(NC(=O)c3ccc(CN(c4cccc(C)c4)S(C)(=O)=O)cc3)cc2)cc1. The quantitative estimate of drug-likeness (QED) is 0.286. The number of carbonyl (C=O) groups excluding carboxylic acids is 1. The summed E-state index contributed by atoms with van der Waals surface area (Å²) in [6.45, 7) is 3.93. The number of benzene rings is 4. The Morgan fingerprint density at radius 3 is 1.95 bits per heavy atom. The summed E-state index contributed by atoms with van der Waals surface area (Å²) in [5, 5.41) is 2.75. The van der Waals surface area contributed by atoms with Crippen molar-refractivity contribution in [2.24, 2.45) is 0 Å². The Bertz CT molecular complexity index is 1680. The maximum absolute atomic E-state index is 12.8. The lowest BCUT2D eigenvalue weighted by Crippen LogP contribution is -2.29. The zero-order chi connectivity index (χ0) is 28.2. The summed E-state index contributed by atoms with van der Waals surface area (Å²) in [6.07, 6.45) is 1.16. The van der Waals surface area contributed by atoms with Gasteiger partial charge in [-0.2, -0.15) is 0 Å². The van der Waals surface area contributed by atoms with Crippen molar-refractivity contribution in [1.29, 1.82) is 0 Å². The molecular formula is C29H29N3O5S2. The number of hydrogen-bond acceptors (Lipinski definition) is 5. The molecule has 8 nitrogen and oxygen atoms in total. The van der Waals surface area contributed by atoms with Crippen molar-refractivity contribution in [3.8, 4) is 0 Å². The molecule has 0 aromatic heterocycles. The maximum Gasteiger partial charge on any atom is 0.261 e. The minimum absolute atomic E-state index is 0.0643. The van der Waals surface area contributed by atoms with Crippen molar-refractivity contribution in [1.82, 2.24) is 0 Å². The van der Waals surface area contributed by atoms with E-state index in [0.29, 0.717) is 28.2 Å². The van der Waals surface area contributed by atoms with Crippen LogP contribution in [0.25, 0.3) is 0 Å². The third-order valence-corrected chi connectivity index (χ3v) is 8.50. The molecule has 0 spiro atoms. The van der Waals surface area contributed by atoms with Gasteiger partial charge in [-0.1, -0.05) is 42.0 Å². The van der Waals surface area contributed by atoms with Crippen molar-refractivity contribution in [2.75, 3.05) is 20.6 Å². The number of aryl methyl sites for hydroxylation is 2. The van der Waals surface area contributed by atoms with E-state index in [-0.39, 0.29) is 17.3 Å². The lowest BCUT2D eigenvalue weighted by Gasteiger charge is -2.23. The molecule has 1 amide bonds. The summed E-state index contributed by atoms with van der Waals surface area (Å²) in [5.41, 5.74) is 4.51. The van der Waals surface area contributed by atoms with Gasteiger partial charge in [0.25, 0.3) is 15.9 Å². The van der Waals surface area contributed by atoms with E-state index in [1.807, 2.05) is 32.0 Å². The van der Waals surface area contributed by atoms with Crippen LogP contribution >= 0.6 is 0 Å². The van der Waals surface area contributed by atoms with Crippen LogP contribution < -0.4 is 14.3 Å². The minimum Gasteiger partial charge on any atom is -0.322 e. The third-order valence-electron chi connectivity index (χ3n) is 5.96. The van der Waals surface area contributed by atoms with Gasteiger partial charge in [-0.05, 0) is 85.6 Å². The molecule has 0 atom stereocenters. The Morgan fingerprint density at radius 1 is 0.744 bits per heavy atom. The molecule has 4 aromatic rings. The molecule has 39 heavy (non-hydrogen) atoms. The molecule has 0 saturated heterocycles. The van der Waals surface area contributed by atoms with Crippen LogP contribution in [0.15, 0.2) is 102 Å². The van der Waals surface area contributed by atoms with Crippen LogP contribution in [0.1, 0.15) is 27.0 Å². The number of amides is 1. The van der Waals surface area contributed by atoms with Gasteiger partial charge in [-0.3, -0.25) is 13.8 Å². The molecule has 0 aliphatic rings. The normalized spacial score (nSPS) is 11.6. The van der Waals surface area contributed by atoms with Crippen molar-refractivity contribution >= 4 is 43.0 Å². The Balaban J connectivity index is 1.42. The highest BCUT2D eigenvalue weighted by Crippen LogP contribution is 2.23. The molecule has 0 unspecified atom stereocenters. The fraction of sp³-hybridized carbons (Fsp3) is 0.138. The summed E-state index contributed by atoms with van der Waals surface area (Å²) in [7, 11) is -7.31. The van der Waals surface area contributed by atoms with E-state index in [2.05, 4.69) is 10.0 Å². The number of nitrogens with zero attached hydrogens (tertiary/aromatic N) is 1. The zero-order valence-corrected chi connectivity index (χ0v) is 23.4. The van der Waals surface area contributed by atoms with E-state index < -0.39 is 20.0 Å². The predicted molar refractivity (Wildman–Crippen MR) is 155 cm³/mol. The van der Waals surface area contributed by atoms with Crippen LogP contribution in [0.2, 0.25) is 0 Å². The number of sulfonamides is 2. The Kier molecular flexibility index (Phi) is 8.08. The van der Waals surface area contributed by atoms with E-state index in [0.717, 1.165) is 17.4 Å². The Hall–Kier alpha value is -4.15. The molecule has 202 valence electrons. The second-order valence-electron chi connectivity index (χ2n) is 9.26. The first-order chi connectivity index (χ1) is 18.4. The van der Waals surface area contributed by atoms with E-state index in [9.17, 15) is 21.6 Å². The second kappa shape index (κ2) is 11.3. The average molecular weight is 564 g/mol. The Morgan fingerprint density at radius 2 is 1.36 bits per heavy atom. The summed E-state index contributed by atoms with van der Waals surface area (Å²) >= 11 is 0. The zero-order valence-electron chi connectivity index (χ0n) is 21.7. The van der Waals surface area contributed by atoms with Crippen LogP contribution in [0, 0.1) is 13.8 Å². The van der Waals surface area contributed by atoms with Crippen LogP contribution in [0.4, 0.5) is 17.1 Å². The molecule has 0 aliphatic carbocycles. The van der Waals surface area contributed by atoms with Gasteiger partial charge in [-0.25, -0.2) is 16.8 Å². The van der Waals surface area contributed by atoms with Gasteiger partial charge < -0.3 is 5.32 Å². The van der Waals surface area contributed by atoms with Crippen LogP contribution in [-0.2, 0) is 26.6 Å². The topological polar surface area (TPSA) is 113 Å². The molecular weight excluding hydrogens is 534 g/mol. The van der Waals surface area contributed by atoms with E-state index >= 15 is 0 Å². The maximum atomic E-state index is 12.8. The molecule has 0 saturated carbocycles. The minimum atomic E-state index is -3.78. The fourth-order valence-corrected chi connectivity index (χ4v) is 5.81.